The van der Waals surface area contributed by atoms with Gasteiger partial charge in [-0.3, -0.25) is 0 Å². The largest absolute Gasteiger partial charge is 0.507 e. The van der Waals surface area contributed by atoms with Crippen molar-refractivity contribution in [3.63, 3.8) is 0 Å². The van der Waals surface area contributed by atoms with Crippen LogP contribution in [-0.4, -0.2) is 16.2 Å². The predicted octanol–water partition coefficient (Wildman–Crippen LogP) is 3.91. The van der Waals surface area contributed by atoms with Crippen molar-refractivity contribution < 1.29 is 15.0 Å². The van der Waals surface area contributed by atoms with Crippen LogP contribution in [0, 0.1) is 0 Å². The topological polar surface area (TPSA) is 57.5 Å². The van der Waals surface area contributed by atoms with E-state index in [1.54, 1.807) is 0 Å². The smallest absolute Gasteiger partial charge is 0.336 e. The molecule has 98 valence electrons. The van der Waals surface area contributed by atoms with Gasteiger partial charge in [-0.1, -0.05) is 48.5 Å². The number of phenolic OH excluding ortho intramolecular Hbond substituents is 1. The molecule has 0 saturated heterocycles. The molecule has 0 aliphatic carbocycles. The summed E-state index contributed by atoms with van der Waals surface area (Å²) in [5.74, 6) is -1.08. The van der Waals surface area contributed by atoms with Gasteiger partial charge >= 0.3 is 5.97 Å². The standard InChI is InChI=1S/C17H12O3/c18-15-10-4-9-14(17(19)20)16(15)13-8-3-6-11-5-1-2-7-12(11)13/h1-10,18H,(H,19,20). The van der Waals surface area contributed by atoms with E-state index in [-0.39, 0.29) is 11.3 Å². The zero-order valence-electron chi connectivity index (χ0n) is 10.6. The lowest BCUT2D eigenvalue weighted by atomic mass is 9.94. The summed E-state index contributed by atoms with van der Waals surface area (Å²) in [4.78, 5) is 11.4. The SMILES string of the molecule is O=C(O)c1cccc(O)c1-c1cccc2ccccc12. The average Bonchev–Trinajstić information content (AvgIpc) is 2.46. The van der Waals surface area contributed by atoms with Crippen molar-refractivity contribution >= 4 is 16.7 Å². The number of aromatic carboxylic acids is 1. The summed E-state index contributed by atoms with van der Waals surface area (Å²) in [5, 5.41) is 21.3. The zero-order chi connectivity index (χ0) is 14.1. The van der Waals surface area contributed by atoms with E-state index in [0.29, 0.717) is 5.56 Å². The minimum absolute atomic E-state index is 0.0266. The molecule has 0 amide bonds. The Labute approximate surface area is 115 Å². The first-order valence-electron chi connectivity index (χ1n) is 6.22. The van der Waals surface area contributed by atoms with Gasteiger partial charge in [-0.25, -0.2) is 4.79 Å². The summed E-state index contributed by atoms with van der Waals surface area (Å²) < 4.78 is 0. The number of hydrogen-bond acceptors (Lipinski definition) is 2. The van der Waals surface area contributed by atoms with Crippen LogP contribution in [0.2, 0.25) is 0 Å². The van der Waals surface area contributed by atoms with Gasteiger partial charge < -0.3 is 10.2 Å². The lowest BCUT2D eigenvalue weighted by molar-refractivity contribution is 0.0697. The highest BCUT2D eigenvalue weighted by atomic mass is 16.4. The molecule has 2 N–H and O–H groups in total. The van der Waals surface area contributed by atoms with E-state index in [4.69, 9.17) is 0 Å². The van der Waals surface area contributed by atoms with E-state index in [2.05, 4.69) is 0 Å². The zero-order valence-corrected chi connectivity index (χ0v) is 10.6. The summed E-state index contributed by atoms with van der Waals surface area (Å²) in [7, 11) is 0. The van der Waals surface area contributed by atoms with Crippen molar-refractivity contribution in [1.82, 2.24) is 0 Å². The van der Waals surface area contributed by atoms with Gasteiger partial charge in [-0.05, 0) is 28.5 Å². The Kier molecular flexibility index (Phi) is 2.88. The Morgan fingerprint density at radius 3 is 2.35 bits per heavy atom. The van der Waals surface area contributed by atoms with Crippen molar-refractivity contribution in [2.75, 3.05) is 0 Å². The Morgan fingerprint density at radius 2 is 1.55 bits per heavy atom. The van der Waals surface area contributed by atoms with Gasteiger partial charge in [0, 0.05) is 5.56 Å². The second-order valence-electron chi connectivity index (χ2n) is 4.53. The first kappa shape index (κ1) is 12.2. The second-order valence-corrected chi connectivity index (χ2v) is 4.53. The van der Waals surface area contributed by atoms with Gasteiger partial charge in [0.15, 0.2) is 0 Å². The lowest BCUT2D eigenvalue weighted by Crippen LogP contribution is -1.99. The number of rotatable bonds is 2. The molecule has 3 nitrogen and oxygen atoms in total. The van der Waals surface area contributed by atoms with E-state index in [1.807, 2.05) is 42.5 Å². The summed E-state index contributed by atoms with van der Waals surface area (Å²) in [5.41, 5.74) is 1.18. The van der Waals surface area contributed by atoms with E-state index in [9.17, 15) is 15.0 Å². The van der Waals surface area contributed by atoms with Gasteiger partial charge in [0.05, 0.1) is 5.56 Å². The van der Waals surface area contributed by atoms with Gasteiger partial charge in [0.25, 0.3) is 0 Å². The Hall–Kier alpha value is -2.81. The third-order valence-electron chi connectivity index (χ3n) is 3.33. The maximum atomic E-state index is 11.4. The molecule has 0 aliphatic rings. The number of aromatic hydroxyl groups is 1. The maximum absolute atomic E-state index is 11.4. The molecule has 3 aromatic carbocycles. The van der Waals surface area contributed by atoms with Crippen LogP contribution in [0.25, 0.3) is 21.9 Å². The fourth-order valence-corrected chi connectivity index (χ4v) is 2.44. The highest BCUT2D eigenvalue weighted by molar-refractivity contribution is 6.05. The molecule has 0 bridgehead atoms. The first-order valence-corrected chi connectivity index (χ1v) is 6.22. The number of carbonyl (C=O) groups is 1. The van der Waals surface area contributed by atoms with Crippen molar-refractivity contribution in [3.05, 3.63) is 66.2 Å². The molecule has 0 aromatic heterocycles. The minimum Gasteiger partial charge on any atom is -0.507 e. The van der Waals surface area contributed by atoms with Crippen molar-refractivity contribution in [3.8, 4) is 16.9 Å². The molecule has 3 aromatic rings. The monoisotopic (exact) mass is 264 g/mol. The van der Waals surface area contributed by atoms with Crippen LogP contribution in [0.3, 0.4) is 0 Å². The molecule has 0 heterocycles. The summed E-state index contributed by atoms with van der Waals surface area (Å²) in [6, 6.07) is 17.9. The van der Waals surface area contributed by atoms with Crippen LogP contribution < -0.4 is 0 Å². The van der Waals surface area contributed by atoms with Crippen LogP contribution in [-0.2, 0) is 0 Å². The second kappa shape index (κ2) is 4.70. The number of hydrogen-bond donors (Lipinski definition) is 2. The van der Waals surface area contributed by atoms with E-state index < -0.39 is 5.97 Å². The van der Waals surface area contributed by atoms with Crippen LogP contribution in [0.5, 0.6) is 5.75 Å². The van der Waals surface area contributed by atoms with Crippen LogP contribution in [0.15, 0.2) is 60.7 Å². The van der Waals surface area contributed by atoms with E-state index >= 15 is 0 Å². The van der Waals surface area contributed by atoms with Gasteiger partial charge in [-0.15, -0.1) is 0 Å². The molecule has 0 aliphatic heterocycles. The normalized spacial score (nSPS) is 10.6. The molecule has 0 saturated carbocycles. The molecular weight excluding hydrogens is 252 g/mol. The number of phenols is 1. The Bertz CT molecular complexity index is 801. The third-order valence-corrected chi connectivity index (χ3v) is 3.33. The highest BCUT2D eigenvalue weighted by Crippen LogP contribution is 2.36. The molecule has 0 spiro atoms. The molecule has 0 atom stereocenters. The molecular formula is C17H12O3. The molecule has 3 heteroatoms. The van der Waals surface area contributed by atoms with Crippen LogP contribution in [0.4, 0.5) is 0 Å². The summed E-state index contributed by atoms with van der Waals surface area (Å²) in [6.07, 6.45) is 0. The van der Waals surface area contributed by atoms with E-state index in [1.165, 1.54) is 18.2 Å². The fourth-order valence-electron chi connectivity index (χ4n) is 2.44. The van der Waals surface area contributed by atoms with Crippen molar-refractivity contribution in [1.29, 1.82) is 0 Å². The number of benzene rings is 3. The highest BCUT2D eigenvalue weighted by Gasteiger charge is 2.17. The lowest BCUT2D eigenvalue weighted by Gasteiger charge is -2.11. The molecule has 0 fully saturated rings. The first-order chi connectivity index (χ1) is 9.68. The summed E-state index contributed by atoms with van der Waals surface area (Å²) >= 11 is 0. The molecule has 20 heavy (non-hydrogen) atoms. The van der Waals surface area contributed by atoms with Crippen LogP contribution in [0.1, 0.15) is 10.4 Å². The number of carboxylic acids is 1. The minimum atomic E-state index is -1.05. The average molecular weight is 264 g/mol. The number of fused-ring (bicyclic) bond motifs is 1. The van der Waals surface area contributed by atoms with Gasteiger partial charge in [0.1, 0.15) is 5.75 Å². The Morgan fingerprint density at radius 1 is 0.850 bits per heavy atom. The van der Waals surface area contributed by atoms with E-state index in [0.717, 1.165) is 16.3 Å². The molecule has 0 radical (unpaired) electrons. The number of carboxylic acid groups (broad SMARTS) is 1. The van der Waals surface area contributed by atoms with Gasteiger partial charge in [0.2, 0.25) is 0 Å². The van der Waals surface area contributed by atoms with Gasteiger partial charge in [-0.2, -0.15) is 0 Å². The Balaban J connectivity index is 2.40. The molecule has 0 unspecified atom stereocenters. The fraction of sp³-hybridized carbons (Fsp3) is 0. The predicted molar refractivity (Wildman–Crippen MR) is 78.0 cm³/mol. The van der Waals surface area contributed by atoms with Crippen LogP contribution >= 0.6 is 0 Å². The van der Waals surface area contributed by atoms with Crippen molar-refractivity contribution in [2.45, 2.75) is 0 Å². The summed E-state index contributed by atoms with van der Waals surface area (Å²) in [6.45, 7) is 0. The third kappa shape index (κ3) is 1.89. The quantitative estimate of drug-likeness (QED) is 0.737. The maximum Gasteiger partial charge on any atom is 0.336 e. The van der Waals surface area contributed by atoms with Crippen molar-refractivity contribution in [2.24, 2.45) is 0 Å². The molecule has 3 rings (SSSR count).